The Bertz CT molecular complexity index is 599. The fourth-order valence-corrected chi connectivity index (χ4v) is 1.85. The van der Waals surface area contributed by atoms with Gasteiger partial charge < -0.3 is 15.5 Å². The highest BCUT2D eigenvalue weighted by molar-refractivity contribution is 6.08. The highest BCUT2D eigenvalue weighted by Gasteiger charge is 2.18. The molecule has 0 aliphatic rings. The van der Waals surface area contributed by atoms with Crippen LogP contribution in [0.15, 0.2) is 24.4 Å². The van der Waals surface area contributed by atoms with E-state index < -0.39 is 5.91 Å². The summed E-state index contributed by atoms with van der Waals surface area (Å²) in [7, 11) is 1.76. The average molecular weight is 261 g/mol. The normalized spacial score (nSPS) is 10.4. The van der Waals surface area contributed by atoms with Gasteiger partial charge in [0, 0.05) is 13.2 Å². The first kappa shape index (κ1) is 12.9. The van der Waals surface area contributed by atoms with E-state index in [1.807, 2.05) is 6.92 Å². The number of phenolic OH excluding ortho intramolecular Hbond substituents is 2. The lowest BCUT2D eigenvalue weighted by Gasteiger charge is -2.07. The molecule has 0 atom stereocenters. The Morgan fingerprint density at radius 2 is 2.00 bits per heavy atom. The van der Waals surface area contributed by atoms with E-state index in [4.69, 9.17) is 0 Å². The summed E-state index contributed by atoms with van der Waals surface area (Å²) in [4.78, 5) is 12.1. The zero-order chi connectivity index (χ0) is 14.0. The molecule has 1 aromatic carbocycles. The summed E-state index contributed by atoms with van der Waals surface area (Å²) in [6, 6.07) is 4.15. The Balaban J connectivity index is 2.31. The van der Waals surface area contributed by atoms with Crippen LogP contribution in [0, 0.1) is 0 Å². The molecule has 0 fully saturated rings. The molecule has 0 aliphatic carbocycles. The number of rotatable bonds is 3. The van der Waals surface area contributed by atoms with Crippen LogP contribution < -0.4 is 5.32 Å². The molecule has 0 saturated carbocycles. The van der Waals surface area contributed by atoms with E-state index in [0.29, 0.717) is 12.1 Å². The van der Waals surface area contributed by atoms with Gasteiger partial charge in [-0.1, -0.05) is 13.0 Å². The number of carbonyl (C=O) groups excluding carboxylic acids is 1. The molecule has 1 heterocycles. The van der Waals surface area contributed by atoms with Crippen molar-refractivity contribution in [2.75, 3.05) is 5.32 Å². The van der Waals surface area contributed by atoms with Gasteiger partial charge in [-0.05, 0) is 18.6 Å². The van der Waals surface area contributed by atoms with Gasteiger partial charge >= 0.3 is 0 Å². The van der Waals surface area contributed by atoms with Crippen LogP contribution in [0.25, 0.3) is 0 Å². The summed E-state index contributed by atoms with van der Waals surface area (Å²) in [5.41, 5.74) is 1.16. The SMILES string of the molecule is CCc1nn(C)cc1NC(=O)c1c(O)cccc1O. The van der Waals surface area contributed by atoms with Gasteiger partial charge in [0.1, 0.15) is 17.1 Å². The molecule has 0 aliphatic heterocycles. The maximum absolute atomic E-state index is 12.1. The van der Waals surface area contributed by atoms with Crippen molar-refractivity contribution in [3.63, 3.8) is 0 Å². The van der Waals surface area contributed by atoms with Crippen LogP contribution in [0.2, 0.25) is 0 Å². The van der Waals surface area contributed by atoms with Crippen molar-refractivity contribution in [3.8, 4) is 11.5 Å². The molecule has 3 N–H and O–H groups in total. The molecule has 100 valence electrons. The number of nitrogens with zero attached hydrogens (tertiary/aromatic N) is 2. The maximum atomic E-state index is 12.1. The number of hydrogen-bond donors (Lipinski definition) is 3. The number of aryl methyl sites for hydroxylation is 2. The fraction of sp³-hybridized carbons (Fsp3) is 0.231. The van der Waals surface area contributed by atoms with Crippen LogP contribution >= 0.6 is 0 Å². The molecule has 2 aromatic rings. The molecule has 0 unspecified atom stereocenters. The number of amides is 1. The first-order chi connectivity index (χ1) is 9.02. The molecule has 6 heteroatoms. The summed E-state index contributed by atoms with van der Waals surface area (Å²) < 4.78 is 1.60. The van der Waals surface area contributed by atoms with Crippen LogP contribution in [-0.2, 0) is 13.5 Å². The minimum atomic E-state index is -0.571. The lowest BCUT2D eigenvalue weighted by Crippen LogP contribution is -2.13. The Morgan fingerprint density at radius 3 is 2.58 bits per heavy atom. The summed E-state index contributed by atoms with van der Waals surface area (Å²) in [5.74, 6) is -1.10. The van der Waals surface area contributed by atoms with Gasteiger partial charge in [-0.25, -0.2) is 0 Å². The number of carbonyl (C=O) groups is 1. The van der Waals surface area contributed by atoms with Crippen LogP contribution in [0.1, 0.15) is 23.0 Å². The molecule has 0 bridgehead atoms. The summed E-state index contributed by atoms with van der Waals surface area (Å²) >= 11 is 0. The molecule has 6 nitrogen and oxygen atoms in total. The number of anilines is 1. The molecule has 0 saturated heterocycles. The van der Waals surface area contributed by atoms with E-state index in [1.54, 1.807) is 17.9 Å². The largest absolute Gasteiger partial charge is 0.507 e. The highest BCUT2D eigenvalue weighted by Crippen LogP contribution is 2.27. The van der Waals surface area contributed by atoms with Crippen molar-refractivity contribution in [2.24, 2.45) is 7.05 Å². The lowest BCUT2D eigenvalue weighted by atomic mass is 10.1. The summed E-state index contributed by atoms with van der Waals surface area (Å²) in [6.07, 6.45) is 2.34. The van der Waals surface area contributed by atoms with Crippen molar-refractivity contribution < 1.29 is 15.0 Å². The molecule has 1 amide bonds. The first-order valence-electron chi connectivity index (χ1n) is 5.87. The second kappa shape index (κ2) is 5.01. The molecule has 0 radical (unpaired) electrons. The minimum absolute atomic E-state index is 0.145. The van der Waals surface area contributed by atoms with E-state index in [-0.39, 0.29) is 17.1 Å². The van der Waals surface area contributed by atoms with E-state index >= 15 is 0 Å². The van der Waals surface area contributed by atoms with Crippen molar-refractivity contribution in [1.29, 1.82) is 0 Å². The Kier molecular flexibility index (Phi) is 3.41. The Labute approximate surface area is 110 Å². The van der Waals surface area contributed by atoms with Gasteiger partial charge in [0.05, 0.1) is 11.4 Å². The summed E-state index contributed by atoms with van der Waals surface area (Å²) in [5, 5.41) is 26.1. The third-order valence-corrected chi connectivity index (χ3v) is 2.74. The van der Waals surface area contributed by atoms with Crippen LogP contribution in [0.4, 0.5) is 5.69 Å². The van der Waals surface area contributed by atoms with Gasteiger partial charge in [0.15, 0.2) is 0 Å². The van der Waals surface area contributed by atoms with Gasteiger partial charge in [-0.15, -0.1) is 0 Å². The number of aromatic hydroxyl groups is 2. The summed E-state index contributed by atoms with van der Waals surface area (Å²) in [6.45, 7) is 1.93. The molecular formula is C13H15N3O3. The zero-order valence-electron chi connectivity index (χ0n) is 10.7. The number of benzene rings is 1. The predicted molar refractivity (Wildman–Crippen MR) is 70.3 cm³/mol. The Hall–Kier alpha value is -2.50. The maximum Gasteiger partial charge on any atom is 0.263 e. The highest BCUT2D eigenvalue weighted by atomic mass is 16.3. The second-order valence-corrected chi connectivity index (χ2v) is 4.14. The lowest BCUT2D eigenvalue weighted by molar-refractivity contribution is 0.102. The molecular weight excluding hydrogens is 246 g/mol. The number of phenols is 2. The fourth-order valence-electron chi connectivity index (χ4n) is 1.85. The van der Waals surface area contributed by atoms with Crippen LogP contribution in [0.5, 0.6) is 11.5 Å². The van der Waals surface area contributed by atoms with E-state index in [9.17, 15) is 15.0 Å². The van der Waals surface area contributed by atoms with E-state index in [0.717, 1.165) is 5.69 Å². The third-order valence-electron chi connectivity index (χ3n) is 2.74. The van der Waals surface area contributed by atoms with Crippen molar-refractivity contribution in [2.45, 2.75) is 13.3 Å². The second-order valence-electron chi connectivity index (χ2n) is 4.14. The topological polar surface area (TPSA) is 87.4 Å². The quantitative estimate of drug-likeness (QED) is 0.784. The van der Waals surface area contributed by atoms with E-state index in [1.165, 1.54) is 18.2 Å². The van der Waals surface area contributed by atoms with Crippen molar-refractivity contribution in [3.05, 3.63) is 35.7 Å². The van der Waals surface area contributed by atoms with Crippen molar-refractivity contribution in [1.82, 2.24) is 9.78 Å². The molecule has 19 heavy (non-hydrogen) atoms. The van der Waals surface area contributed by atoms with Crippen LogP contribution in [0.3, 0.4) is 0 Å². The first-order valence-corrected chi connectivity index (χ1v) is 5.87. The number of nitrogens with one attached hydrogen (secondary N) is 1. The standard InChI is InChI=1S/C13H15N3O3/c1-3-8-9(7-16(2)15-8)14-13(19)12-10(17)5-4-6-11(12)18/h4-7,17-18H,3H2,1-2H3,(H,14,19). The van der Waals surface area contributed by atoms with E-state index in [2.05, 4.69) is 10.4 Å². The number of aromatic nitrogens is 2. The smallest absolute Gasteiger partial charge is 0.263 e. The third kappa shape index (κ3) is 2.52. The zero-order valence-corrected chi connectivity index (χ0v) is 10.7. The molecule has 2 rings (SSSR count). The average Bonchev–Trinajstić information content (AvgIpc) is 2.69. The van der Waals surface area contributed by atoms with Crippen LogP contribution in [-0.4, -0.2) is 25.9 Å². The molecule has 1 aromatic heterocycles. The molecule has 0 spiro atoms. The van der Waals surface area contributed by atoms with Gasteiger partial charge in [0.25, 0.3) is 5.91 Å². The Morgan fingerprint density at radius 1 is 1.37 bits per heavy atom. The number of hydrogen-bond acceptors (Lipinski definition) is 4. The van der Waals surface area contributed by atoms with Gasteiger partial charge in [-0.3, -0.25) is 9.48 Å². The monoisotopic (exact) mass is 261 g/mol. The van der Waals surface area contributed by atoms with Gasteiger partial charge in [-0.2, -0.15) is 5.10 Å². The predicted octanol–water partition coefficient (Wildman–Crippen LogP) is 1.65. The van der Waals surface area contributed by atoms with Crippen molar-refractivity contribution >= 4 is 11.6 Å². The minimum Gasteiger partial charge on any atom is -0.507 e. The van der Waals surface area contributed by atoms with Gasteiger partial charge in [0.2, 0.25) is 0 Å².